The molecule has 1 amide bonds. The van der Waals surface area contributed by atoms with Gasteiger partial charge in [0.2, 0.25) is 5.91 Å². The van der Waals surface area contributed by atoms with E-state index in [-0.39, 0.29) is 12.0 Å². The van der Waals surface area contributed by atoms with Gasteiger partial charge in [-0.25, -0.2) is 0 Å². The molecule has 1 fully saturated rings. The van der Waals surface area contributed by atoms with Crippen LogP contribution in [0.3, 0.4) is 0 Å². The molecule has 1 N–H and O–H groups in total. The fourth-order valence-electron chi connectivity index (χ4n) is 2.10. The van der Waals surface area contributed by atoms with Crippen LogP contribution in [0.15, 0.2) is 18.2 Å². The molecule has 0 bridgehead atoms. The fourth-order valence-corrected chi connectivity index (χ4v) is 2.56. The summed E-state index contributed by atoms with van der Waals surface area (Å²) in [5.41, 5.74) is 0.884. The van der Waals surface area contributed by atoms with E-state index in [4.69, 9.17) is 27.9 Å². The lowest BCUT2D eigenvalue weighted by Crippen LogP contribution is -2.41. The van der Waals surface area contributed by atoms with E-state index in [0.29, 0.717) is 29.6 Å². The van der Waals surface area contributed by atoms with Crippen molar-refractivity contribution in [3.05, 3.63) is 33.8 Å². The molecule has 0 saturated carbocycles. The highest BCUT2D eigenvalue weighted by Crippen LogP contribution is 2.22. The molecule has 110 valence electrons. The standard InChI is InChI=1S/C14H18Cl2N2O2/c1-18(9-10-2-3-11(15)6-13(10)16)14(19)7-12-8-17-4-5-20-12/h2-3,6,12,17H,4-5,7-9H2,1H3. The van der Waals surface area contributed by atoms with Crippen LogP contribution in [0.1, 0.15) is 12.0 Å². The smallest absolute Gasteiger partial charge is 0.225 e. The molecule has 1 saturated heterocycles. The number of amides is 1. The first-order valence-corrected chi connectivity index (χ1v) is 7.32. The number of nitrogens with zero attached hydrogens (tertiary/aromatic N) is 1. The Morgan fingerprint density at radius 1 is 1.50 bits per heavy atom. The Balaban J connectivity index is 1.89. The van der Waals surface area contributed by atoms with Crippen LogP contribution < -0.4 is 5.32 Å². The van der Waals surface area contributed by atoms with E-state index in [1.807, 2.05) is 6.07 Å². The summed E-state index contributed by atoms with van der Waals surface area (Å²) in [6, 6.07) is 5.30. The zero-order chi connectivity index (χ0) is 14.5. The Kier molecular flexibility index (Phi) is 5.66. The fraction of sp³-hybridized carbons (Fsp3) is 0.500. The summed E-state index contributed by atoms with van der Waals surface area (Å²) in [5.74, 6) is 0.0460. The zero-order valence-corrected chi connectivity index (χ0v) is 12.9. The monoisotopic (exact) mass is 316 g/mol. The SMILES string of the molecule is CN(Cc1ccc(Cl)cc1Cl)C(=O)CC1CNCCO1. The molecular weight excluding hydrogens is 299 g/mol. The van der Waals surface area contributed by atoms with Gasteiger partial charge in [-0.1, -0.05) is 29.3 Å². The summed E-state index contributed by atoms with van der Waals surface area (Å²) < 4.78 is 5.53. The number of carbonyl (C=O) groups excluding carboxylic acids is 1. The maximum atomic E-state index is 12.1. The summed E-state index contributed by atoms with van der Waals surface area (Å²) in [5, 5.41) is 4.38. The molecule has 1 aromatic rings. The second-order valence-corrected chi connectivity index (χ2v) is 5.73. The van der Waals surface area contributed by atoms with Crippen molar-refractivity contribution in [2.45, 2.75) is 19.1 Å². The highest BCUT2D eigenvalue weighted by Gasteiger charge is 2.20. The average molecular weight is 317 g/mol. The van der Waals surface area contributed by atoms with Crippen molar-refractivity contribution in [2.75, 3.05) is 26.7 Å². The maximum absolute atomic E-state index is 12.1. The molecule has 20 heavy (non-hydrogen) atoms. The van der Waals surface area contributed by atoms with Crippen LogP contribution in [0, 0.1) is 0 Å². The first-order chi connectivity index (χ1) is 9.56. The third kappa shape index (κ3) is 4.35. The number of rotatable bonds is 4. The number of halogens is 2. The van der Waals surface area contributed by atoms with E-state index >= 15 is 0 Å². The van der Waals surface area contributed by atoms with E-state index in [2.05, 4.69) is 5.32 Å². The predicted octanol–water partition coefficient (Wildman–Crippen LogP) is 2.33. The lowest BCUT2D eigenvalue weighted by Gasteiger charge is -2.25. The summed E-state index contributed by atoms with van der Waals surface area (Å²) in [6.45, 7) is 2.70. The Labute approximate surface area is 129 Å². The van der Waals surface area contributed by atoms with Gasteiger partial charge in [0.15, 0.2) is 0 Å². The Hall–Kier alpha value is -0.810. The lowest BCUT2D eigenvalue weighted by atomic mass is 10.1. The van der Waals surface area contributed by atoms with Crippen LogP contribution in [0.5, 0.6) is 0 Å². The van der Waals surface area contributed by atoms with Gasteiger partial charge in [0.05, 0.1) is 19.1 Å². The van der Waals surface area contributed by atoms with E-state index in [1.54, 1.807) is 24.1 Å². The molecule has 1 aromatic carbocycles. The minimum absolute atomic E-state index is 0.0422. The number of morpholine rings is 1. The third-order valence-electron chi connectivity index (χ3n) is 3.26. The van der Waals surface area contributed by atoms with E-state index < -0.39 is 0 Å². The van der Waals surface area contributed by atoms with Crippen LogP contribution >= 0.6 is 23.2 Å². The molecule has 1 atom stereocenters. The molecule has 0 aliphatic carbocycles. The maximum Gasteiger partial charge on any atom is 0.225 e. The number of hydrogen-bond donors (Lipinski definition) is 1. The number of hydrogen-bond acceptors (Lipinski definition) is 3. The normalized spacial score (nSPS) is 18.9. The largest absolute Gasteiger partial charge is 0.375 e. The Bertz CT molecular complexity index is 476. The summed E-state index contributed by atoms with van der Waals surface area (Å²) >= 11 is 12.0. The van der Waals surface area contributed by atoms with Gasteiger partial charge in [-0.05, 0) is 17.7 Å². The Morgan fingerprint density at radius 3 is 2.95 bits per heavy atom. The predicted molar refractivity (Wildman–Crippen MR) is 80.2 cm³/mol. The van der Waals surface area contributed by atoms with Crippen molar-refractivity contribution >= 4 is 29.1 Å². The molecule has 1 aliphatic rings. The summed E-state index contributed by atoms with van der Waals surface area (Å²) in [4.78, 5) is 13.8. The molecule has 0 spiro atoms. The van der Waals surface area contributed by atoms with Crippen molar-refractivity contribution in [1.29, 1.82) is 0 Å². The molecule has 0 radical (unpaired) electrons. The van der Waals surface area contributed by atoms with Crippen molar-refractivity contribution in [3.8, 4) is 0 Å². The van der Waals surface area contributed by atoms with Gasteiger partial charge < -0.3 is 15.0 Å². The second-order valence-electron chi connectivity index (χ2n) is 4.89. The van der Waals surface area contributed by atoms with Crippen LogP contribution in [0.25, 0.3) is 0 Å². The molecule has 1 aliphatic heterocycles. The number of carbonyl (C=O) groups is 1. The van der Waals surface area contributed by atoms with Crippen LogP contribution in [-0.4, -0.2) is 43.7 Å². The van der Waals surface area contributed by atoms with E-state index in [9.17, 15) is 4.79 Å². The molecule has 0 aromatic heterocycles. The minimum Gasteiger partial charge on any atom is -0.375 e. The Morgan fingerprint density at radius 2 is 2.30 bits per heavy atom. The molecule has 1 unspecified atom stereocenters. The molecular formula is C14H18Cl2N2O2. The van der Waals surface area contributed by atoms with Crippen LogP contribution in [0.4, 0.5) is 0 Å². The minimum atomic E-state index is -0.0422. The first kappa shape index (κ1) is 15.6. The van der Waals surface area contributed by atoms with E-state index in [0.717, 1.165) is 18.7 Å². The van der Waals surface area contributed by atoms with Crippen LogP contribution in [0.2, 0.25) is 10.0 Å². The highest BCUT2D eigenvalue weighted by molar-refractivity contribution is 6.35. The topological polar surface area (TPSA) is 41.6 Å². The number of ether oxygens (including phenoxy) is 1. The van der Waals surface area contributed by atoms with Gasteiger partial charge in [-0.2, -0.15) is 0 Å². The van der Waals surface area contributed by atoms with Crippen LogP contribution in [-0.2, 0) is 16.1 Å². The summed E-state index contributed by atoms with van der Waals surface area (Å²) in [6.07, 6.45) is 0.341. The van der Waals surface area contributed by atoms with E-state index in [1.165, 1.54) is 0 Å². The van der Waals surface area contributed by atoms with Crippen molar-refractivity contribution in [1.82, 2.24) is 10.2 Å². The second kappa shape index (κ2) is 7.27. The first-order valence-electron chi connectivity index (χ1n) is 6.56. The van der Waals surface area contributed by atoms with Gasteiger partial charge in [0.25, 0.3) is 0 Å². The van der Waals surface area contributed by atoms with Gasteiger partial charge in [0.1, 0.15) is 0 Å². The zero-order valence-electron chi connectivity index (χ0n) is 11.4. The van der Waals surface area contributed by atoms with Crippen molar-refractivity contribution in [3.63, 3.8) is 0 Å². The van der Waals surface area contributed by atoms with Gasteiger partial charge in [-0.15, -0.1) is 0 Å². The third-order valence-corrected chi connectivity index (χ3v) is 3.84. The van der Waals surface area contributed by atoms with Crippen molar-refractivity contribution < 1.29 is 9.53 Å². The number of benzene rings is 1. The summed E-state index contributed by atoms with van der Waals surface area (Å²) in [7, 11) is 1.77. The van der Waals surface area contributed by atoms with Gasteiger partial charge >= 0.3 is 0 Å². The molecule has 4 nitrogen and oxygen atoms in total. The molecule has 2 rings (SSSR count). The molecule has 6 heteroatoms. The average Bonchev–Trinajstić information content (AvgIpc) is 2.43. The van der Waals surface area contributed by atoms with Crippen molar-refractivity contribution in [2.24, 2.45) is 0 Å². The highest BCUT2D eigenvalue weighted by atomic mass is 35.5. The number of nitrogens with one attached hydrogen (secondary N) is 1. The lowest BCUT2D eigenvalue weighted by molar-refractivity contribution is -0.133. The van der Waals surface area contributed by atoms with Gasteiger partial charge in [0, 0.05) is 36.7 Å². The quantitative estimate of drug-likeness (QED) is 0.927. The molecule has 1 heterocycles. The van der Waals surface area contributed by atoms with Gasteiger partial charge in [-0.3, -0.25) is 4.79 Å².